The molecule has 1 fully saturated rings. The topological polar surface area (TPSA) is 59.1 Å². The zero-order chi connectivity index (χ0) is 24.1. The first-order valence-electron chi connectivity index (χ1n) is 10.3. The fourth-order valence-electron chi connectivity index (χ4n) is 3.50. The molecule has 0 radical (unpaired) electrons. The number of amides is 2. The summed E-state index contributed by atoms with van der Waals surface area (Å²) < 4.78 is 10.9. The molecule has 0 spiro atoms. The lowest BCUT2D eigenvalue weighted by atomic mass is 10.0. The third-order valence-electron chi connectivity index (χ3n) is 5.11. The van der Waals surface area contributed by atoms with Gasteiger partial charge in [-0.3, -0.25) is 19.4 Å². The number of carbonyl (C=O) groups excluding carboxylic acids is 2. The average molecular weight is 469 g/mol. The lowest BCUT2D eigenvalue weighted by Crippen LogP contribution is -2.56. The van der Waals surface area contributed by atoms with Crippen molar-refractivity contribution in [2.45, 2.75) is 0 Å². The molecule has 1 heterocycles. The maximum absolute atomic E-state index is 13.6. The standard InChI is InChI=1S/C27H20N2O4S/c1-3-16-33-24-18-22(32-2)15-14-19(24)17-23-25(30)28(20-10-6-4-7-11-20)27(34)29(26(23)31)21-12-8-5-9-13-21/h1,4-15,17-18H,16H2,2H3. The van der Waals surface area contributed by atoms with Gasteiger partial charge in [-0.25, -0.2) is 0 Å². The van der Waals surface area contributed by atoms with E-state index < -0.39 is 11.8 Å². The van der Waals surface area contributed by atoms with Crippen molar-refractivity contribution in [3.63, 3.8) is 0 Å². The number of nitrogens with zero attached hydrogens (tertiary/aromatic N) is 2. The van der Waals surface area contributed by atoms with E-state index in [1.54, 1.807) is 66.7 Å². The number of hydrogen-bond acceptors (Lipinski definition) is 5. The third-order valence-corrected chi connectivity index (χ3v) is 5.48. The summed E-state index contributed by atoms with van der Waals surface area (Å²) in [6, 6.07) is 23.0. The first kappa shape index (κ1) is 22.8. The number of carbonyl (C=O) groups is 2. The quantitative estimate of drug-likeness (QED) is 0.231. The predicted octanol–water partition coefficient (Wildman–Crippen LogP) is 4.46. The maximum Gasteiger partial charge on any atom is 0.270 e. The van der Waals surface area contributed by atoms with Crippen LogP contribution in [0.4, 0.5) is 11.4 Å². The average Bonchev–Trinajstić information content (AvgIpc) is 2.87. The highest BCUT2D eigenvalue weighted by molar-refractivity contribution is 7.81. The highest BCUT2D eigenvalue weighted by Crippen LogP contribution is 2.32. The second kappa shape index (κ2) is 10.0. The second-order valence-corrected chi connectivity index (χ2v) is 7.55. The summed E-state index contributed by atoms with van der Waals surface area (Å²) in [5.41, 5.74) is 1.53. The molecule has 6 nitrogen and oxygen atoms in total. The highest BCUT2D eigenvalue weighted by atomic mass is 32.1. The van der Waals surface area contributed by atoms with Gasteiger partial charge in [0, 0.05) is 11.6 Å². The van der Waals surface area contributed by atoms with Crippen molar-refractivity contribution in [3.05, 3.63) is 90.0 Å². The van der Waals surface area contributed by atoms with Gasteiger partial charge in [-0.1, -0.05) is 42.3 Å². The molecule has 168 valence electrons. The molecule has 0 N–H and O–H groups in total. The number of rotatable bonds is 6. The summed E-state index contributed by atoms with van der Waals surface area (Å²) in [5, 5.41) is 0.0723. The molecule has 0 unspecified atom stereocenters. The van der Waals surface area contributed by atoms with Crippen molar-refractivity contribution in [2.75, 3.05) is 23.5 Å². The van der Waals surface area contributed by atoms with Gasteiger partial charge in [-0.05, 0) is 54.7 Å². The summed E-state index contributed by atoms with van der Waals surface area (Å²) in [4.78, 5) is 29.9. The van der Waals surface area contributed by atoms with Crippen molar-refractivity contribution >= 4 is 46.6 Å². The lowest BCUT2D eigenvalue weighted by Gasteiger charge is -2.36. The molecule has 34 heavy (non-hydrogen) atoms. The normalized spacial score (nSPS) is 13.5. The molecular formula is C27H20N2O4S. The molecule has 4 rings (SSSR count). The van der Waals surface area contributed by atoms with Crippen molar-refractivity contribution in [2.24, 2.45) is 0 Å². The van der Waals surface area contributed by atoms with Gasteiger partial charge < -0.3 is 9.47 Å². The van der Waals surface area contributed by atoms with Crippen LogP contribution in [0.2, 0.25) is 0 Å². The molecule has 1 aliphatic heterocycles. The monoisotopic (exact) mass is 468 g/mol. The van der Waals surface area contributed by atoms with E-state index in [0.29, 0.717) is 28.4 Å². The first-order chi connectivity index (χ1) is 16.5. The third kappa shape index (κ3) is 4.40. The largest absolute Gasteiger partial charge is 0.497 e. The zero-order valence-electron chi connectivity index (χ0n) is 18.3. The van der Waals surface area contributed by atoms with E-state index in [2.05, 4.69) is 5.92 Å². The minimum atomic E-state index is -0.535. The number of para-hydroxylation sites is 2. The Morgan fingerprint density at radius 3 is 1.97 bits per heavy atom. The van der Waals surface area contributed by atoms with Crippen molar-refractivity contribution in [3.8, 4) is 23.8 Å². The SMILES string of the molecule is C#CCOc1cc(OC)ccc1C=C1C(=O)N(c2ccccc2)C(=S)N(c2ccccc2)C1=O. The molecular weight excluding hydrogens is 448 g/mol. The van der Waals surface area contributed by atoms with Crippen LogP contribution in [0.15, 0.2) is 84.4 Å². The van der Waals surface area contributed by atoms with Crippen LogP contribution in [0.3, 0.4) is 0 Å². The summed E-state index contributed by atoms with van der Waals surface area (Å²) in [6.07, 6.45) is 6.84. The predicted molar refractivity (Wildman–Crippen MR) is 136 cm³/mol. The number of benzene rings is 3. The van der Waals surface area contributed by atoms with Gasteiger partial charge in [-0.2, -0.15) is 0 Å². The van der Waals surface area contributed by atoms with Crippen LogP contribution < -0.4 is 19.3 Å². The molecule has 0 saturated carbocycles. The van der Waals surface area contributed by atoms with E-state index in [1.807, 2.05) is 12.1 Å². The number of terminal acetylenes is 1. The Balaban J connectivity index is 1.87. The number of methoxy groups -OCH3 is 1. The molecule has 2 amide bonds. The molecule has 1 aliphatic rings. The Bertz CT molecular complexity index is 1250. The molecule has 0 aliphatic carbocycles. The summed E-state index contributed by atoms with van der Waals surface area (Å²) in [7, 11) is 1.53. The Morgan fingerprint density at radius 2 is 1.47 bits per heavy atom. The van der Waals surface area contributed by atoms with E-state index in [1.165, 1.54) is 23.0 Å². The van der Waals surface area contributed by atoms with E-state index in [-0.39, 0.29) is 17.3 Å². The van der Waals surface area contributed by atoms with E-state index >= 15 is 0 Å². The van der Waals surface area contributed by atoms with Gasteiger partial charge in [0.2, 0.25) is 0 Å². The number of ether oxygens (including phenoxy) is 2. The molecule has 3 aromatic carbocycles. The van der Waals surface area contributed by atoms with Crippen LogP contribution in [0, 0.1) is 12.3 Å². The Hall–Kier alpha value is -4.41. The van der Waals surface area contributed by atoms with Gasteiger partial charge in [0.25, 0.3) is 11.8 Å². The fraction of sp³-hybridized carbons (Fsp3) is 0.0741. The number of thiocarbonyl (C=S) groups is 1. The molecule has 0 bridgehead atoms. The first-order valence-corrected chi connectivity index (χ1v) is 10.7. The van der Waals surface area contributed by atoms with Gasteiger partial charge >= 0.3 is 0 Å². The van der Waals surface area contributed by atoms with Crippen LogP contribution in [-0.4, -0.2) is 30.6 Å². The number of anilines is 2. The summed E-state index contributed by atoms with van der Waals surface area (Å²) >= 11 is 5.62. The van der Waals surface area contributed by atoms with Crippen molar-refractivity contribution in [1.29, 1.82) is 0 Å². The van der Waals surface area contributed by atoms with E-state index in [0.717, 1.165) is 0 Å². The minimum absolute atomic E-state index is 0.0155. The maximum atomic E-state index is 13.6. The minimum Gasteiger partial charge on any atom is -0.497 e. The van der Waals surface area contributed by atoms with Gasteiger partial charge in [-0.15, -0.1) is 6.42 Å². The molecule has 0 atom stereocenters. The summed E-state index contributed by atoms with van der Waals surface area (Å²) in [5.74, 6) is 2.28. The highest BCUT2D eigenvalue weighted by Gasteiger charge is 2.41. The van der Waals surface area contributed by atoms with E-state index in [9.17, 15) is 9.59 Å². The van der Waals surface area contributed by atoms with Gasteiger partial charge in [0.05, 0.1) is 18.5 Å². The summed E-state index contributed by atoms with van der Waals surface area (Å²) in [6.45, 7) is 0.0155. The van der Waals surface area contributed by atoms with Crippen LogP contribution in [-0.2, 0) is 9.59 Å². The van der Waals surface area contributed by atoms with Crippen LogP contribution in [0.5, 0.6) is 11.5 Å². The smallest absolute Gasteiger partial charge is 0.270 e. The molecule has 3 aromatic rings. The Kier molecular flexibility index (Phi) is 6.72. The fourth-order valence-corrected chi connectivity index (χ4v) is 3.88. The Labute approximate surface area is 203 Å². The molecule has 1 saturated heterocycles. The van der Waals surface area contributed by atoms with Crippen molar-refractivity contribution < 1.29 is 19.1 Å². The van der Waals surface area contributed by atoms with Gasteiger partial charge in [0.15, 0.2) is 5.11 Å². The van der Waals surface area contributed by atoms with E-state index in [4.69, 9.17) is 28.1 Å². The van der Waals surface area contributed by atoms with Crippen molar-refractivity contribution in [1.82, 2.24) is 0 Å². The molecule has 7 heteroatoms. The zero-order valence-corrected chi connectivity index (χ0v) is 19.1. The van der Waals surface area contributed by atoms with Crippen LogP contribution in [0.1, 0.15) is 5.56 Å². The second-order valence-electron chi connectivity index (χ2n) is 7.19. The lowest BCUT2D eigenvalue weighted by molar-refractivity contribution is -0.120. The Morgan fingerprint density at radius 1 is 0.912 bits per heavy atom. The number of hydrogen-bond donors (Lipinski definition) is 0. The van der Waals surface area contributed by atoms with Gasteiger partial charge in [0.1, 0.15) is 23.7 Å². The van der Waals surface area contributed by atoms with Crippen LogP contribution in [0.25, 0.3) is 6.08 Å². The molecule has 0 aromatic heterocycles. The van der Waals surface area contributed by atoms with Crippen LogP contribution >= 0.6 is 12.2 Å².